The van der Waals surface area contributed by atoms with Crippen molar-refractivity contribution in [2.75, 3.05) is 0 Å². The van der Waals surface area contributed by atoms with Crippen LogP contribution in [0.2, 0.25) is 0 Å². The average molecular weight is 245 g/mol. The lowest BCUT2D eigenvalue weighted by atomic mass is 9.99. The lowest BCUT2D eigenvalue weighted by molar-refractivity contribution is 1.41. The van der Waals surface area contributed by atoms with Gasteiger partial charge in [0.05, 0.1) is 5.52 Å². The molecule has 0 fully saturated rings. The van der Waals surface area contributed by atoms with Gasteiger partial charge in [-0.15, -0.1) is 0 Å². The minimum atomic E-state index is 1.05. The van der Waals surface area contributed by atoms with Crippen LogP contribution in [0.4, 0.5) is 0 Å². The first-order valence-corrected chi connectivity index (χ1v) is 6.36. The molecule has 0 aliphatic heterocycles. The third-order valence-corrected chi connectivity index (χ3v) is 3.32. The van der Waals surface area contributed by atoms with Crippen LogP contribution in [0.3, 0.4) is 0 Å². The molecule has 1 heterocycles. The van der Waals surface area contributed by atoms with E-state index >= 15 is 0 Å². The zero-order valence-electron chi connectivity index (χ0n) is 10.9. The summed E-state index contributed by atoms with van der Waals surface area (Å²) in [7, 11) is 0. The number of rotatable bonds is 2. The van der Waals surface area contributed by atoms with E-state index in [4.69, 9.17) is 0 Å². The van der Waals surface area contributed by atoms with Gasteiger partial charge in [0.2, 0.25) is 0 Å². The molecule has 0 saturated heterocycles. The minimum Gasteiger partial charge on any atom is -0.256 e. The van der Waals surface area contributed by atoms with Crippen molar-refractivity contribution in [2.24, 2.45) is 0 Å². The molecule has 2 aromatic carbocycles. The van der Waals surface area contributed by atoms with Gasteiger partial charge in [-0.2, -0.15) is 0 Å². The van der Waals surface area contributed by atoms with Crippen LogP contribution in [-0.2, 0) is 0 Å². The third-order valence-electron chi connectivity index (χ3n) is 3.32. The standard InChI is InChI=1S/C18H15N/c1-13(2)14-8-10-15(11-9-14)17-7-3-5-16-6-4-12-19-18(16)17/h3-12H,1H2,2H3. The highest BCUT2D eigenvalue weighted by Gasteiger charge is 2.04. The maximum Gasteiger partial charge on any atom is 0.0780 e. The maximum atomic E-state index is 4.50. The third kappa shape index (κ3) is 2.15. The van der Waals surface area contributed by atoms with Gasteiger partial charge in [0.25, 0.3) is 0 Å². The fourth-order valence-corrected chi connectivity index (χ4v) is 2.27. The van der Waals surface area contributed by atoms with Gasteiger partial charge in [-0.25, -0.2) is 0 Å². The van der Waals surface area contributed by atoms with E-state index in [0.29, 0.717) is 0 Å². The molecular formula is C18H15N. The molecule has 0 aliphatic rings. The van der Waals surface area contributed by atoms with E-state index in [1.807, 2.05) is 19.2 Å². The van der Waals surface area contributed by atoms with Gasteiger partial charge in [0, 0.05) is 17.1 Å². The van der Waals surface area contributed by atoms with Crippen molar-refractivity contribution in [3.8, 4) is 11.1 Å². The van der Waals surface area contributed by atoms with E-state index < -0.39 is 0 Å². The number of fused-ring (bicyclic) bond motifs is 1. The molecule has 92 valence electrons. The first-order valence-electron chi connectivity index (χ1n) is 6.36. The Labute approximate surface area is 113 Å². The van der Waals surface area contributed by atoms with Crippen LogP contribution in [0.15, 0.2) is 67.4 Å². The van der Waals surface area contributed by atoms with Crippen molar-refractivity contribution in [3.05, 3.63) is 72.9 Å². The Hall–Kier alpha value is -2.41. The summed E-state index contributed by atoms with van der Waals surface area (Å²) in [6, 6.07) is 18.8. The second-order valence-corrected chi connectivity index (χ2v) is 4.74. The van der Waals surface area contributed by atoms with Crippen LogP contribution in [0.5, 0.6) is 0 Å². The Morgan fingerprint density at radius 1 is 0.947 bits per heavy atom. The van der Waals surface area contributed by atoms with Crippen LogP contribution in [0, 0.1) is 0 Å². The van der Waals surface area contributed by atoms with Crippen molar-refractivity contribution in [2.45, 2.75) is 6.92 Å². The quantitative estimate of drug-likeness (QED) is 0.623. The van der Waals surface area contributed by atoms with E-state index in [1.165, 1.54) is 22.1 Å². The number of aromatic nitrogens is 1. The van der Waals surface area contributed by atoms with Crippen molar-refractivity contribution in [1.29, 1.82) is 0 Å². The summed E-state index contributed by atoms with van der Waals surface area (Å²) in [4.78, 5) is 4.50. The van der Waals surface area contributed by atoms with Crippen molar-refractivity contribution in [1.82, 2.24) is 4.98 Å². The SMILES string of the molecule is C=C(C)c1ccc(-c2cccc3cccnc23)cc1. The van der Waals surface area contributed by atoms with Crippen LogP contribution in [-0.4, -0.2) is 4.98 Å². The smallest absolute Gasteiger partial charge is 0.0780 e. The van der Waals surface area contributed by atoms with Gasteiger partial charge in [-0.3, -0.25) is 4.98 Å². The van der Waals surface area contributed by atoms with E-state index in [0.717, 1.165) is 11.1 Å². The molecule has 0 N–H and O–H groups in total. The Bertz CT molecular complexity index is 734. The molecule has 0 bridgehead atoms. The fraction of sp³-hybridized carbons (Fsp3) is 0.0556. The predicted molar refractivity (Wildman–Crippen MR) is 81.9 cm³/mol. The zero-order valence-corrected chi connectivity index (χ0v) is 10.9. The Morgan fingerprint density at radius 3 is 2.42 bits per heavy atom. The summed E-state index contributed by atoms with van der Waals surface area (Å²) in [5.41, 5.74) is 5.67. The van der Waals surface area contributed by atoms with E-state index in [9.17, 15) is 0 Å². The summed E-state index contributed by atoms with van der Waals surface area (Å²) in [5, 5.41) is 1.17. The number of benzene rings is 2. The van der Waals surface area contributed by atoms with Crippen LogP contribution in [0.1, 0.15) is 12.5 Å². The Balaban J connectivity index is 2.16. The second-order valence-electron chi connectivity index (χ2n) is 4.74. The summed E-state index contributed by atoms with van der Waals surface area (Å²) in [6.07, 6.45) is 1.84. The maximum absolute atomic E-state index is 4.50. The predicted octanol–water partition coefficient (Wildman–Crippen LogP) is 4.93. The minimum absolute atomic E-state index is 1.05. The lowest BCUT2D eigenvalue weighted by Gasteiger charge is -2.07. The molecule has 0 amide bonds. The van der Waals surface area contributed by atoms with Gasteiger partial charge in [0.15, 0.2) is 0 Å². The van der Waals surface area contributed by atoms with Gasteiger partial charge < -0.3 is 0 Å². The number of nitrogens with zero attached hydrogens (tertiary/aromatic N) is 1. The van der Waals surface area contributed by atoms with E-state index in [-0.39, 0.29) is 0 Å². The average Bonchev–Trinajstić information content (AvgIpc) is 2.47. The zero-order chi connectivity index (χ0) is 13.2. The summed E-state index contributed by atoms with van der Waals surface area (Å²) in [6.45, 7) is 5.99. The monoisotopic (exact) mass is 245 g/mol. The van der Waals surface area contributed by atoms with Crippen LogP contribution < -0.4 is 0 Å². The van der Waals surface area contributed by atoms with E-state index in [2.05, 4.69) is 60.1 Å². The summed E-state index contributed by atoms with van der Waals surface area (Å²) in [5.74, 6) is 0. The molecule has 0 saturated carbocycles. The molecule has 3 aromatic rings. The Morgan fingerprint density at radius 2 is 1.68 bits per heavy atom. The van der Waals surface area contributed by atoms with Gasteiger partial charge in [0.1, 0.15) is 0 Å². The molecule has 19 heavy (non-hydrogen) atoms. The number of para-hydroxylation sites is 1. The summed E-state index contributed by atoms with van der Waals surface area (Å²) < 4.78 is 0. The molecule has 0 radical (unpaired) electrons. The Kier molecular flexibility index (Phi) is 2.88. The molecule has 1 nitrogen and oxygen atoms in total. The molecule has 1 heteroatoms. The number of pyridine rings is 1. The topological polar surface area (TPSA) is 12.9 Å². The number of hydrogen-bond acceptors (Lipinski definition) is 1. The van der Waals surface area contributed by atoms with Crippen LogP contribution >= 0.6 is 0 Å². The normalized spacial score (nSPS) is 10.6. The largest absolute Gasteiger partial charge is 0.256 e. The highest BCUT2D eigenvalue weighted by atomic mass is 14.6. The fourth-order valence-electron chi connectivity index (χ4n) is 2.27. The van der Waals surface area contributed by atoms with Gasteiger partial charge in [-0.05, 0) is 24.1 Å². The lowest BCUT2D eigenvalue weighted by Crippen LogP contribution is -1.85. The molecule has 0 unspecified atom stereocenters. The van der Waals surface area contributed by atoms with Gasteiger partial charge >= 0.3 is 0 Å². The van der Waals surface area contributed by atoms with Crippen LogP contribution in [0.25, 0.3) is 27.6 Å². The first kappa shape index (κ1) is 11.7. The number of allylic oxidation sites excluding steroid dienone is 1. The first-order chi connectivity index (χ1) is 9.25. The van der Waals surface area contributed by atoms with Crippen molar-refractivity contribution >= 4 is 16.5 Å². The molecule has 0 spiro atoms. The highest BCUT2D eigenvalue weighted by Crippen LogP contribution is 2.27. The van der Waals surface area contributed by atoms with E-state index in [1.54, 1.807) is 0 Å². The molecule has 3 rings (SSSR count). The number of hydrogen-bond donors (Lipinski definition) is 0. The molecule has 1 aromatic heterocycles. The molecule has 0 aliphatic carbocycles. The highest BCUT2D eigenvalue weighted by molar-refractivity contribution is 5.93. The van der Waals surface area contributed by atoms with Gasteiger partial charge in [-0.1, -0.05) is 60.7 Å². The summed E-state index contributed by atoms with van der Waals surface area (Å²) >= 11 is 0. The second kappa shape index (κ2) is 4.69. The molecular weight excluding hydrogens is 230 g/mol. The van der Waals surface area contributed by atoms with Crippen molar-refractivity contribution < 1.29 is 0 Å². The molecule has 0 atom stereocenters. The van der Waals surface area contributed by atoms with Crippen molar-refractivity contribution in [3.63, 3.8) is 0 Å².